The van der Waals surface area contributed by atoms with Gasteiger partial charge in [-0.1, -0.05) is 0 Å². The number of carbonyl (C=O) groups excluding carboxylic acids is 1. The van der Waals surface area contributed by atoms with Gasteiger partial charge >= 0.3 is 135 Å². The van der Waals surface area contributed by atoms with Crippen LogP contribution in [0.4, 0.5) is 0 Å². The maximum Gasteiger partial charge on any atom is -1.00 e. The first-order chi connectivity index (χ1) is 10.2. The molecule has 125 valence electrons. The molecule has 6 heteroatoms. The van der Waals surface area contributed by atoms with Crippen molar-refractivity contribution in [3.8, 4) is 0 Å². The van der Waals surface area contributed by atoms with E-state index in [4.69, 9.17) is 0 Å². The third-order valence-corrected chi connectivity index (χ3v) is 16.6. The SMILES string of the molecule is C[SiH](C)[Ti+2]([NH]C(=O)C1CCCC1)[CH]1C=Cc2ccccc21.[Cl-].[Cl-]. The van der Waals surface area contributed by atoms with E-state index in [9.17, 15) is 4.79 Å². The van der Waals surface area contributed by atoms with Gasteiger partial charge in [0.15, 0.2) is 0 Å². The number of hydrogen-bond acceptors (Lipinski definition) is 1. The summed E-state index contributed by atoms with van der Waals surface area (Å²) in [4.78, 5) is 12.6. The van der Waals surface area contributed by atoms with Gasteiger partial charge in [0.2, 0.25) is 0 Å². The predicted molar refractivity (Wildman–Crippen MR) is 87.2 cm³/mol. The number of fused-ring (bicyclic) bond motifs is 1. The molecule has 2 aliphatic rings. The van der Waals surface area contributed by atoms with Gasteiger partial charge in [-0.25, -0.2) is 0 Å². The Labute approximate surface area is 159 Å². The van der Waals surface area contributed by atoms with Gasteiger partial charge in [0.1, 0.15) is 0 Å². The number of amides is 1. The van der Waals surface area contributed by atoms with E-state index in [0.717, 1.165) is 12.8 Å². The van der Waals surface area contributed by atoms with Crippen LogP contribution in [0.5, 0.6) is 0 Å². The predicted octanol–water partition coefficient (Wildman–Crippen LogP) is -2.41. The van der Waals surface area contributed by atoms with Crippen molar-refractivity contribution in [1.82, 2.24) is 3.80 Å². The van der Waals surface area contributed by atoms with E-state index in [0.29, 0.717) is 16.0 Å². The second kappa shape index (κ2) is 9.43. The smallest absolute Gasteiger partial charge is 1.00 e. The van der Waals surface area contributed by atoms with Gasteiger partial charge in [-0.05, 0) is 0 Å². The monoisotopic (exact) mass is 404 g/mol. The van der Waals surface area contributed by atoms with Crippen molar-refractivity contribution < 1.29 is 47.0 Å². The van der Waals surface area contributed by atoms with Gasteiger partial charge in [0, 0.05) is 0 Å². The van der Waals surface area contributed by atoms with Gasteiger partial charge in [0.25, 0.3) is 0 Å². The molecule has 0 aliphatic heterocycles. The Morgan fingerprint density at radius 3 is 2.48 bits per heavy atom. The molecule has 2 aliphatic carbocycles. The number of carbonyl (C=O) groups is 1. The van der Waals surface area contributed by atoms with Gasteiger partial charge < -0.3 is 24.8 Å². The van der Waals surface area contributed by atoms with E-state index in [2.05, 4.69) is 53.3 Å². The molecule has 0 radical (unpaired) electrons. The number of hydrogen-bond donors (Lipinski definition) is 1. The topological polar surface area (TPSA) is 29.1 Å². The molecular weight excluding hydrogens is 381 g/mol. The van der Waals surface area contributed by atoms with E-state index < -0.39 is 24.0 Å². The fourth-order valence-corrected chi connectivity index (χ4v) is 13.5. The van der Waals surface area contributed by atoms with Crippen LogP contribution >= 0.6 is 0 Å². The molecule has 0 aromatic heterocycles. The Kier molecular flexibility index (Phi) is 8.60. The van der Waals surface area contributed by atoms with E-state index >= 15 is 0 Å². The molecule has 1 aromatic rings. The van der Waals surface area contributed by atoms with Gasteiger partial charge in [0.05, 0.1) is 0 Å². The average molecular weight is 405 g/mol. The average Bonchev–Trinajstić information content (AvgIpc) is 3.14. The molecule has 0 bridgehead atoms. The molecular formula is C17H24Cl2NOSiTi. The van der Waals surface area contributed by atoms with Crippen LogP contribution in [-0.2, 0) is 22.2 Å². The summed E-state index contributed by atoms with van der Waals surface area (Å²) >= 11 is -1.58. The Balaban J connectivity index is 0.00000132. The normalized spacial score (nSPS) is 19.0. The van der Waals surface area contributed by atoms with Crippen molar-refractivity contribution in [2.24, 2.45) is 5.92 Å². The maximum absolute atomic E-state index is 12.6. The Morgan fingerprint density at radius 2 is 1.83 bits per heavy atom. The molecule has 3 rings (SSSR count). The van der Waals surface area contributed by atoms with Crippen LogP contribution in [0.25, 0.3) is 6.08 Å². The van der Waals surface area contributed by atoms with Crippen molar-refractivity contribution in [3.63, 3.8) is 0 Å². The summed E-state index contributed by atoms with van der Waals surface area (Å²) in [7, 11) is 0. The Bertz CT molecular complexity index is 561. The van der Waals surface area contributed by atoms with E-state index in [1.807, 2.05) is 0 Å². The number of halogens is 2. The Hall–Kier alpha value is -0.0588. The number of allylic oxidation sites excluding steroid dienone is 1. The van der Waals surface area contributed by atoms with Gasteiger partial charge in [-0.3, -0.25) is 0 Å². The standard InChI is InChI=1S/C9H7.C6H11NO.C2H7Si.2ClH.Ti/c1-2-5-9-7-3-6-8(9)4-1;7-6(8)5-3-1-2-4-5;1-3-2;;;/h1-7H;5H,1-4H2,(H2,7,8);3H,1-2H3;2*1H;/q;;;;;+3/p-3. The molecule has 1 atom stereocenters. The summed E-state index contributed by atoms with van der Waals surface area (Å²) in [6.07, 6.45) is 9.30. The molecule has 0 saturated heterocycles. The number of nitrogens with one attached hydrogen (secondary N) is 1. The minimum Gasteiger partial charge on any atom is -1.00 e. The zero-order valence-electron chi connectivity index (χ0n) is 13.7. The van der Waals surface area contributed by atoms with E-state index in [-0.39, 0.29) is 24.8 Å². The fourth-order valence-electron chi connectivity index (χ4n) is 3.53. The molecule has 1 N–H and O–H groups in total. The summed E-state index contributed by atoms with van der Waals surface area (Å²) in [6.45, 7) is 4.02. The molecule has 1 saturated carbocycles. The quantitative estimate of drug-likeness (QED) is 0.556. The van der Waals surface area contributed by atoms with Crippen LogP contribution in [0.1, 0.15) is 41.0 Å². The van der Waals surface area contributed by atoms with Crippen LogP contribution in [0, 0.1) is 5.92 Å². The van der Waals surface area contributed by atoms with Crippen molar-refractivity contribution in [2.45, 2.75) is 43.0 Å². The van der Waals surface area contributed by atoms with Gasteiger partial charge in [-0.15, -0.1) is 0 Å². The first-order valence-corrected chi connectivity index (χ1v) is 15.4. The van der Waals surface area contributed by atoms with Crippen molar-refractivity contribution in [3.05, 3.63) is 41.5 Å². The molecule has 23 heavy (non-hydrogen) atoms. The molecule has 1 fully saturated rings. The summed E-state index contributed by atoms with van der Waals surface area (Å²) in [6, 6.07) is 8.69. The van der Waals surface area contributed by atoms with Crippen molar-refractivity contribution in [2.75, 3.05) is 0 Å². The van der Waals surface area contributed by atoms with E-state index in [1.54, 1.807) is 0 Å². The third kappa shape index (κ3) is 4.73. The first-order valence-electron chi connectivity index (χ1n) is 8.11. The first kappa shape index (κ1) is 21.0. The summed E-state index contributed by atoms with van der Waals surface area (Å²) < 4.78 is 4.12. The zero-order chi connectivity index (χ0) is 14.8. The summed E-state index contributed by atoms with van der Waals surface area (Å²) in [5, 5.41) is 0. The number of benzene rings is 1. The number of rotatable bonds is 4. The van der Waals surface area contributed by atoms with Crippen LogP contribution in [0.3, 0.4) is 0 Å². The Morgan fingerprint density at radius 1 is 1.17 bits per heavy atom. The third-order valence-electron chi connectivity index (χ3n) is 4.75. The molecule has 0 heterocycles. The molecule has 1 unspecified atom stereocenters. The van der Waals surface area contributed by atoms with Crippen LogP contribution in [0.15, 0.2) is 30.3 Å². The zero-order valence-corrected chi connectivity index (χ0v) is 17.9. The van der Waals surface area contributed by atoms with Crippen LogP contribution < -0.4 is 28.6 Å². The molecule has 1 amide bonds. The minimum absolute atomic E-state index is 0. The maximum atomic E-state index is 12.6. The second-order valence-corrected chi connectivity index (χ2v) is 19.6. The fraction of sp³-hybridized carbons (Fsp3) is 0.471. The summed E-state index contributed by atoms with van der Waals surface area (Å²) in [5.41, 5.74) is 2.82. The van der Waals surface area contributed by atoms with Crippen molar-refractivity contribution in [1.29, 1.82) is 0 Å². The van der Waals surface area contributed by atoms with E-state index in [1.165, 1.54) is 24.0 Å². The largest absolute Gasteiger partial charge is 1.00 e. The van der Waals surface area contributed by atoms with Crippen molar-refractivity contribution >= 4 is 18.6 Å². The molecule has 0 spiro atoms. The van der Waals surface area contributed by atoms with Gasteiger partial charge in [-0.2, -0.15) is 0 Å². The van der Waals surface area contributed by atoms with Crippen LogP contribution in [-0.4, -0.2) is 12.6 Å². The second-order valence-electron chi connectivity index (χ2n) is 6.55. The van der Waals surface area contributed by atoms with Crippen LogP contribution in [0.2, 0.25) is 13.1 Å². The molecule has 2 nitrogen and oxygen atoms in total. The minimum atomic E-state index is -1.58. The summed E-state index contributed by atoms with van der Waals surface area (Å²) in [5.74, 6) is 0.683. The molecule has 1 aromatic carbocycles.